The summed E-state index contributed by atoms with van der Waals surface area (Å²) in [4.78, 5) is 17.5. The number of hydrogen-bond donors (Lipinski definition) is 3. The lowest BCUT2D eigenvalue weighted by Crippen LogP contribution is -2.16. The van der Waals surface area contributed by atoms with Crippen molar-refractivity contribution in [2.75, 3.05) is 6.16 Å². The van der Waals surface area contributed by atoms with E-state index in [-0.39, 0.29) is 5.56 Å². The first-order valence-electron chi connectivity index (χ1n) is 4.26. The topological polar surface area (TPSA) is 112 Å². The van der Waals surface area contributed by atoms with Crippen LogP contribution in [0.3, 0.4) is 0 Å². The predicted molar refractivity (Wildman–Crippen MR) is 57.6 cm³/mol. The van der Waals surface area contributed by atoms with Gasteiger partial charge in [-0.25, -0.2) is 0 Å². The van der Waals surface area contributed by atoms with E-state index in [0.29, 0.717) is 0 Å². The standard InChI is InChI=1S/C8H11O6PS/c9-15(10,11)6-8(16(12,13)14)7-4-2-1-3-5-7/h1-5,8H,6H2,(H2,9,10,11)(H,12,13,14). The van der Waals surface area contributed by atoms with E-state index in [1.54, 1.807) is 6.07 Å². The van der Waals surface area contributed by atoms with Crippen LogP contribution in [-0.4, -0.2) is 28.9 Å². The van der Waals surface area contributed by atoms with E-state index in [0.717, 1.165) is 0 Å². The average molecular weight is 266 g/mol. The fourth-order valence-electron chi connectivity index (χ4n) is 1.26. The molecule has 0 saturated heterocycles. The number of hydrogen-bond acceptors (Lipinski definition) is 3. The maximum absolute atomic E-state index is 11.0. The Morgan fingerprint density at radius 1 is 1.19 bits per heavy atom. The molecule has 0 spiro atoms. The largest absolute Gasteiger partial charge is 0.327 e. The second kappa shape index (κ2) is 4.65. The summed E-state index contributed by atoms with van der Waals surface area (Å²) < 4.78 is 41.7. The van der Waals surface area contributed by atoms with Gasteiger partial charge in [0.05, 0.1) is 6.16 Å². The molecule has 1 aromatic rings. The van der Waals surface area contributed by atoms with Crippen LogP contribution in [0.25, 0.3) is 0 Å². The molecule has 0 aliphatic carbocycles. The highest BCUT2D eigenvalue weighted by Crippen LogP contribution is 2.41. The Morgan fingerprint density at radius 3 is 2.06 bits per heavy atom. The summed E-state index contributed by atoms with van der Waals surface area (Å²) >= 11 is 0. The molecule has 0 aliphatic heterocycles. The summed E-state index contributed by atoms with van der Waals surface area (Å²) in [6, 6.07) is 7.44. The first kappa shape index (κ1) is 13.3. The third kappa shape index (κ3) is 4.03. The normalized spacial score (nSPS) is 14.7. The molecule has 8 heteroatoms. The lowest BCUT2D eigenvalue weighted by molar-refractivity contribution is 0.369. The molecule has 1 unspecified atom stereocenters. The lowest BCUT2D eigenvalue weighted by atomic mass is 10.2. The molecule has 0 fully saturated rings. The van der Waals surface area contributed by atoms with Gasteiger partial charge >= 0.3 is 7.60 Å². The van der Waals surface area contributed by atoms with E-state index in [9.17, 15) is 13.0 Å². The van der Waals surface area contributed by atoms with Crippen molar-refractivity contribution in [3.05, 3.63) is 35.9 Å². The Morgan fingerprint density at radius 2 is 1.69 bits per heavy atom. The van der Waals surface area contributed by atoms with E-state index in [2.05, 4.69) is 0 Å². The van der Waals surface area contributed by atoms with Crippen molar-refractivity contribution < 1.29 is 27.3 Å². The van der Waals surface area contributed by atoms with Gasteiger partial charge in [0, 0.05) is 0 Å². The minimum Gasteiger partial charge on any atom is -0.324 e. The zero-order valence-electron chi connectivity index (χ0n) is 8.09. The van der Waals surface area contributed by atoms with E-state index >= 15 is 0 Å². The Labute approximate surface area is 92.8 Å². The van der Waals surface area contributed by atoms with Crippen molar-refractivity contribution >= 4 is 17.7 Å². The highest BCUT2D eigenvalue weighted by Gasteiger charge is 2.32. The van der Waals surface area contributed by atoms with Gasteiger partial charge in [-0.1, -0.05) is 30.3 Å². The zero-order valence-corrected chi connectivity index (χ0v) is 9.80. The van der Waals surface area contributed by atoms with Gasteiger partial charge in [-0.3, -0.25) is 9.12 Å². The summed E-state index contributed by atoms with van der Waals surface area (Å²) in [5.41, 5.74) is 0.147. The fourth-order valence-corrected chi connectivity index (χ4v) is 3.74. The quantitative estimate of drug-likeness (QED) is 0.548. The predicted octanol–water partition coefficient (Wildman–Crippen LogP) is 0.793. The Kier molecular flexibility index (Phi) is 3.88. The molecule has 0 amide bonds. The van der Waals surface area contributed by atoms with Crippen molar-refractivity contribution in [1.29, 1.82) is 0 Å². The molecule has 0 aliphatic rings. The molecule has 0 bridgehead atoms. The highest BCUT2D eigenvalue weighted by atomic mass is 32.2. The molecule has 1 atom stereocenters. The van der Waals surface area contributed by atoms with Crippen LogP contribution in [0.1, 0.15) is 10.8 Å². The monoisotopic (exact) mass is 266 g/mol. The maximum atomic E-state index is 11.0. The molecule has 3 N–H and O–H groups in total. The van der Waals surface area contributed by atoms with Crippen LogP contribution < -0.4 is 0 Å². The van der Waals surface area contributed by atoms with Crippen molar-refractivity contribution in [3.63, 3.8) is 0 Å². The first-order chi connectivity index (χ1) is 7.20. The minimum atomic E-state index is -4.54. The fraction of sp³-hybridized carbons (Fsp3) is 0.250. The zero-order chi connectivity index (χ0) is 12.4. The van der Waals surface area contributed by atoms with Gasteiger partial charge in [0.1, 0.15) is 5.25 Å². The number of rotatable bonds is 4. The van der Waals surface area contributed by atoms with Crippen LogP contribution in [-0.2, 0) is 14.7 Å². The number of benzene rings is 1. The summed E-state index contributed by atoms with van der Waals surface area (Å²) in [6.45, 7) is 0. The highest BCUT2D eigenvalue weighted by molar-refractivity contribution is 7.86. The smallest absolute Gasteiger partial charge is 0.324 e. The van der Waals surface area contributed by atoms with E-state index in [1.807, 2.05) is 0 Å². The Bertz CT molecular complexity index is 491. The van der Waals surface area contributed by atoms with Crippen LogP contribution in [0.15, 0.2) is 30.3 Å². The van der Waals surface area contributed by atoms with Crippen molar-refractivity contribution in [1.82, 2.24) is 0 Å². The minimum absolute atomic E-state index is 0.147. The van der Waals surface area contributed by atoms with Crippen LogP contribution in [0.2, 0.25) is 0 Å². The summed E-state index contributed by atoms with van der Waals surface area (Å²) in [5.74, 6) is 0. The second-order valence-electron chi connectivity index (χ2n) is 3.26. The molecule has 0 heterocycles. The van der Waals surface area contributed by atoms with Crippen molar-refractivity contribution in [2.45, 2.75) is 5.25 Å². The molecule has 90 valence electrons. The van der Waals surface area contributed by atoms with Crippen molar-refractivity contribution in [3.8, 4) is 0 Å². The third-order valence-electron chi connectivity index (χ3n) is 1.93. The van der Waals surface area contributed by atoms with Crippen LogP contribution in [0, 0.1) is 0 Å². The molecule has 0 radical (unpaired) electrons. The molecule has 16 heavy (non-hydrogen) atoms. The van der Waals surface area contributed by atoms with Crippen molar-refractivity contribution in [2.24, 2.45) is 0 Å². The van der Waals surface area contributed by atoms with Gasteiger partial charge < -0.3 is 9.79 Å². The second-order valence-corrected chi connectivity index (χ2v) is 6.56. The molecular formula is C8H11O6PS. The van der Waals surface area contributed by atoms with Gasteiger partial charge in [-0.05, 0) is 5.56 Å². The van der Waals surface area contributed by atoms with Gasteiger partial charge in [0.25, 0.3) is 10.1 Å². The summed E-state index contributed by atoms with van der Waals surface area (Å²) in [6.07, 6.45) is -0.935. The van der Waals surface area contributed by atoms with Crippen LogP contribution in [0.5, 0.6) is 0 Å². The summed E-state index contributed by atoms with van der Waals surface area (Å²) in [7, 11) is -9.07. The van der Waals surface area contributed by atoms with Gasteiger partial charge in [-0.2, -0.15) is 8.42 Å². The maximum Gasteiger partial charge on any atom is 0.327 e. The first-order valence-corrected chi connectivity index (χ1v) is 7.56. The average Bonchev–Trinajstić information content (AvgIpc) is 2.13. The molecule has 0 aromatic heterocycles. The third-order valence-corrected chi connectivity index (χ3v) is 4.18. The molecule has 0 saturated carbocycles. The molecule has 1 aromatic carbocycles. The van der Waals surface area contributed by atoms with E-state index in [4.69, 9.17) is 14.3 Å². The Balaban J connectivity index is 3.13. The van der Waals surface area contributed by atoms with E-state index < -0.39 is 29.1 Å². The van der Waals surface area contributed by atoms with Crippen LogP contribution in [0.4, 0.5) is 0 Å². The Hall–Kier alpha value is -0.720. The molecule has 6 nitrogen and oxygen atoms in total. The van der Waals surface area contributed by atoms with Gasteiger partial charge in [-0.15, -0.1) is 0 Å². The lowest BCUT2D eigenvalue weighted by Gasteiger charge is -2.14. The summed E-state index contributed by atoms with van der Waals surface area (Å²) in [5, 5.41) is -1.60. The molecule has 1 rings (SSSR count). The van der Waals surface area contributed by atoms with Gasteiger partial charge in [0.2, 0.25) is 0 Å². The van der Waals surface area contributed by atoms with E-state index in [1.165, 1.54) is 24.3 Å². The van der Waals surface area contributed by atoms with Gasteiger partial charge in [0.15, 0.2) is 0 Å². The van der Waals surface area contributed by atoms with Crippen LogP contribution >= 0.6 is 7.60 Å². The molecular weight excluding hydrogens is 255 g/mol. The SMILES string of the molecule is O=P(O)(O)CC(c1ccccc1)S(=O)(=O)O.